The van der Waals surface area contributed by atoms with Gasteiger partial charge in [0, 0.05) is 5.54 Å². The lowest BCUT2D eigenvalue weighted by Gasteiger charge is -2.53. The summed E-state index contributed by atoms with van der Waals surface area (Å²) in [6.07, 6.45) is 6.19. The molecule has 0 spiro atoms. The van der Waals surface area contributed by atoms with E-state index in [9.17, 15) is 4.79 Å². The third-order valence-corrected chi connectivity index (χ3v) is 5.41. The van der Waals surface area contributed by atoms with Gasteiger partial charge < -0.3 is 15.8 Å². The summed E-state index contributed by atoms with van der Waals surface area (Å²) in [6.45, 7) is 1.11. The molecule has 4 nitrogen and oxygen atoms in total. The summed E-state index contributed by atoms with van der Waals surface area (Å²) >= 11 is 0. The Morgan fingerprint density at radius 3 is 2.23 bits per heavy atom. The van der Waals surface area contributed by atoms with Gasteiger partial charge in [-0.1, -0.05) is 30.3 Å². The standard InChI is InChI=1S/C17H24N2O2.ClH/c18-13-16-6-9-17(10-7-16,11-8-16)19-15(20)21-12-14-4-2-1-3-5-14;/h1-5H,6-13,18H2,(H,19,20);1H. The maximum Gasteiger partial charge on any atom is 0.407 e. The molecule has 1 amide bonds. The minimum atomic E-state index is -0.291. The Bertz CT molecular complexity index is 482. The van der Waals surface area contributed by atoms with Gasteiger partial charge >= 0.3 is 6.09 Å². The van der Waals surface area contributed by atoms with Crippen molar-refractivity contribution in [2.24, 2.45) is 11.1 Å². The van der Waals surface area contributed by atoms with Gasteiger partial charge in [0.25, 0.3) is 0 Å². The molecular formula is C17H25ClN2O2. The fourth-order valence-electron chi connectivity index (χ4n) is 3.73. The first-order valence-electron chi connectivity index (χ1n) is 7.84. The fraction of sp³-hybridized carbons (Fsp3) is 0.588. The number of alkyl carbamates (subject to hydrolysis) is 1. The van der Waals surface area contributed by atoms with Crippen LogP contribution in [0.15, 0.2) is 30.3 Å². The van der Waals surface area contributed by atoms with E-state index in [2.05, 4.69) is 5.32 Å². The van der Waals surface area contributed by atoms with Gasteiger partial charge in [0.15, 0.2) is 0 Å². The van der Waals surface area contributed by atoms with Crippen molar-refractivity contribution in [1.29, 1.82) is 0 Å². The molecule has 3 aliphatic carbocycles. The van der Waals surface area contributed by atoms with Gasteiger partial charge in [-0.05, 0) is 56.0 Å². The van der Waals surface area contributed by atoms with E-state index >= 15 is 0 Å². The van der Waals surface area contributed by atoms with E-state index in [0.29, 0.717) is 12.0 Å². The highest BCUT2D eigenvalue weighted by Crippen LogP contribution is 2.51. The van der Waals surface area contributed by atoms with Gasteiger partial charge in [-0.15, -0.1) is 12.4 Å². The number of ether oxygens (including phenoxy) is 1. The molecule has 0 heterocycles. The first-order valence-corrected chi connectivity index (χ1v) is 7.84. The van der Waals surface area contributed by atoms with E-state index in [1.54, 1.807) is 0 Å². The van der Waals surface area contributed by atoms with Crippen LogP contribution >= 0.6 is 12.4 Å². The minimum Gasteiger partial charge on any atom is -0.445 e. The zero-order valence-electron chi connectivity index (χ0n) is 12.8. The molecule has 0 atom stereocenters. The van der Waals surface area contributed by atoms with Crippen molar-refractivity contribution in [2.45, 2.75) is 50.7 Å². The number of benzene rings is 1. The van der Waals surface area contributed by atoms with Crippen molar-refractivity contribution in [1.82, 2.24) is 5.32 Å². The molecule has 3 saturated carbocycles. The van der Waals surface area contributed by atoms with E-state index < -0.39 is 0 Å². The van der Waals surface area contributed by atoms with Gasteiger partial charge in [-0.25, -0.2) is 4.79 Å². The maximum absolute atomic E-state index is 12.1. The van der Waals surface area contributed by atoms with Crippen LogP contribution in [0.4, 0.5) is 4.79 Å². The van der Waals surface area contributed by atoms with Gasteiger partial charge in [0.05, 0.1) is 0 Å². The summed E-state index contributed by atoms with van der Waals surface area (Å²) in [4.78, 5) is 12.1. The second kappa shape index (κ2) is 6.88. The number of fused-ring (bicyclic) bond motifs is 3. The molecule has 3 N–H and O–H groups in total. The molecule has 0 radical (unpaired) electrons. The summed E-state index contributed by atoms with van der Waals surface area (Å²) in [5, 5.41) is 3.13. The minimum absolute atomic E-state index is 0. The van der Waals surface area contributed by atoms with Gasteiger partial charge in [-0.2, -0.15) is 0 Å². The molecule has 0 saturated heterocycles. The Morgan fingerprint density at radius 2 is 1.68 bits per heavy atom. The number of carbonyl (C=O) groups is 1. The first-order chi connectivity index (χ1) is 10.2. The number of nitrogens with one attached hydrogen (secondary N) is 1. The molecule has 5 heteroatoms. The van der Waals surface area contributed by atoms with Crippen molar-refractivity contribution in [3.05, 3.63) is 35.9 Å². The molecule has 2 bridgehead atoms. The zero-order valence-corrected chi connectivity index (χ0v) is 13.7. The number of amides is 1. The van der Waals surface area contributed by atoms with Crippen LogP contribution in [0.1, 0.15) is 44.1 Å². The van der Waals surface area contributed by atoms with Crippen LogP contribution in [-0.4, -0.2) is 18.2 Å². The monoisotopic (exact) mass is 324 g/mol. The van der Waals surface area contributed by atoms with Crippen LogP contribution in [0.3, 0.4) is 0 Å². The number of nitrogens with two attached hydrogens (primary N) is 1. The van der Waals surface area contributed by atoms with E-state index in [1.807, 2.05) is 30.3 Å². The van der Waals surface area contributed by atoms with Crippen LogP contribution in [0.25, 0.3) is 0 Å². The van der Waals surface area contributed by atoms with E-state index in [4.69, 9.17) is 10.5 Å². The molecule has 3 fully saturated rings. The summed E-state index contributed by atoms with van der Waals surface area (Å²) in [5.41, 5.74) is 7.23. The zero-order chi connectivity index (χ0) is 14.8. The molecule has 1 aromatic carbocycles. The number of hydrogen-bond acceptors (Lipinski definition) is 3. The van der Waals surface area contributed by atoms with E-state index in [1.165, 1.54) is 0 Å². The quantitative estimate of drug-likeness (QED) is 0.892. The van der Waals surface area contributed by atoms with E-state index in [0.717, 1.165) is 50.6 Å². The van der Waals surface area contributed by atoms with E-state index in [-0.39, 0.29) is 24.0 Å². The third kappa shape index (κ3) is 3.55. The van der Waals surface area contributed by atoms with Gasteiger partial charge in [-0.3, -0.25) is 0 Å². The van der Waals surface area contributed by atoms with Crippen molar-refractivity contribution in [2.75, 3.05) is 6.54 Å². The van der Waals surface area contributed by atoms with Crippen LogP contribution in [0.5, 0.6) is 0 Å². The molecular weight excluding hydrogens is 300 g/mol. The van der Waals surface area contributed by atoms with Gasteiger partial charge in [0.1, 0.15) is 6.61 Å². The van der Waals surface area contributed by atoms with Crippen molar-refractivity contribution >= 4 is 18.5 Å². The number of carbonyl (C=O) groups excluding carboxylic acids is 1. The third-order valence-electron chi connectivity index (χ3n) is 5.41. The summed E-state index contributed by atoms with van der Waals surface area (Å²) < 4.78 is 5.35. The molecule has 4 rings (SSSR count). The highest BCUT2D eigenvalue weighted by molar-refractivity contribution is 5.85. The Hall–Kier alpha value is -1.26. The average molecular weight is 325 g/mol. The topological polar surface area (TPSA) is 64.3 Å². The predicted octanol–water partition coefficient (Wildman–Crippen LogP) is 3.39. The summed E-state index contributed by atoms with van der Waals surface area (Å²) in [5.74, 6) is 0. The molecule has 1 aromatic rings. The van der Waals surface area contributed by atoms with Crippen molar-refractivity contribution < 1.29 is 9.53 Å². The highest BCUT2D eigenvalue weighted by Gasteiger charge is 2.48. The average Bonchev–Trinajstić information content (AvgIpc) is 2.55. The molecule has 122 valence electrons. The second-order valence-corrected chi connectivity index (χ2v) is 6.67. The lowest BCUT2D eigenvalue weighted by atomic mass is 9.57. The Morgan fingerprint density at radius 1 is 1.09 bits per heavy atom. The van der Waals surface area contributed by atoms with Crippen LogP contribution < -0.4 is 11.1 Å². The van der Waals surface area contributed by atoms with Crippen molar-refractivity contribution in [3.8, 4) is 0 Å². The molecule has 22 heavy (non-hydrogen) atoms. The molecule has 0 aromatic heterocycles. The lowest BCUT2D eigenvalue weighted by molar-refractivity contribution is 0.0257. The van der Waals surface area contributed by atoms with Crippen molar-refractivity contribution in [3.63, 3.8) is 0 Å². The Labute approximate surface area is 138 Å². The largest absolute Gasteiger partial charge is 0.445 e. The smallest absolute Gasteiger partial charge is 0.407 e. The van der Waals surface area contributed by atoms with Gasteiger partial charge in [0.2, 0.25) is 0 Å². The Balaban J connectivity index is 0.00000176. The SMILES string of the molecule is Cl.NCC12CCC(NC(=O)OCc3ccccc3)(CC1)CC2. The first kappa shape index (κ1) is 17.1. The highest BCUT2D eigenvalue weighted by atomic mass is 35.5. The maximum atomic E-state index is 12.1. The molecule has 0 aliphatic heterocycles. The number of rotatable bonds is 4. The molecule has 3 aliphatic rings. The fourth-order valence-corrected chi connectivity index (χ4v) is 3.73. The lowest BCUT2D eigenvalue weighted by Crippen LogP contribution is -2.58. The Kier molecular flexibility index (Phi) is 5.35. The summed E-state index contributed by atoms with van der Waals surface area (Å²) in [6, 6.07) is 9.77. The summed E-state index contributed by atoms with van der Waals surface area (Å²) in [7, 11) is 0. The predicted molar refractivity (Wildman–Crippen MR) is 88.9 cm³/mol. The normalized spacial score (nSPS) is 29.5. The van der Waals surface area contributed by atoms with Crippen LogP contribution in [0.2, 0.25) is 0 Å². The second-order valence-electron chi connectivity index (χ2n) is 6.67. The van der Waals surface area contributed by atoms with Crippen LogP contribution in [0, 0.1) is 5.41 Å². The van der Waals surface area contributed by atoms with Crippen LogP contribution in [-0.2, 0) is 11.3 Å². The molecule has 0 unspecified atom stereocenters. The number of hydrogen-bond donors (Lipinski definition) is 2. The number of halogens is 1.